The molecular formula is C17H30N2+2. The Morgan fingerprint density at radius 1 is 0.895 bits per heavy atom. The Morgan fingerprint density at radius 3 is 2.32 bits per heavy atom. The first-order valence-corrected chi connectivity index (χ1v) is 8.75. The fraction of sp³-hybridized carbons (Fsp3) is 0.882. The third-order valence-corrected chi connectivity index (χ3v) is 6.48. The van der Waals surface area contributed by atoms with Crippen molar-refractivity contribution < 1.29 is 9.80 Å². The maximum absolute atomic E-state index is 2.53. The van der Waals surface area contributed by atoms with E-state index in [0.29, 0.717) is 0 Å². The van der Waals surface area contributed by atoms with Crippen LogP contribution in [0.15, 0.2) is 12.2 Å². The first-order valence-electron chi connectivity index (χ1n) is 8.75. The highest BCUT2D eigenvalue weighted by molar-refractivity contribution is 5.09. The van der Waals surface area contributed by atoms with E-state index in [1.54, 1.807) is 0 Å². The lowest BCUT2D eigenvalue weighted by molar-refractivity contribution is -0.952. The molecule has 2 nitrogen and oxygen atoms in total. The van der Waals surface area contributed by atoms with E-state index in [4.69, 9.17) is 0 Å². The maximum atomic E-state index is 2.53. The van der Waals surface area contributed by atoms with Gasteiger partial charge in [0.25, 0.3) is 0 Å². The molecule has 2 aliphatic carbocycles. The van der Waals surface area contributed by atoms with Crippen molar-refractivity contribution in [2.24, 2.45) is 17.8 Å². The Labute approximate surface area is 117 Å². The van der Waals surface area contributed by atoms with Gasteiger partial charge in [0.15, 0.2) is 0 Å². The minimum absolute atomic E-state index is 0.958. The van der Waals surface area contributed by atoms with Crippen LogP contribution in [0.1, 0.15) is 38.5 Å². The Balaban J connectivity index is 1.25. The Morgan fingerprint density at radius 2 is 1.68 bits per heavy atom. The van der Waals surface area contributed by atoms with Gasteiger partial charge >= 0.3 is 0 Å². The monoisotopic (exact) mass is 262 g/mol. The highest BCUT2D eigenvalue weighted by Crippen LogP contribution is 2.42. The van der Waals surface area contributed by atoms with Crippen LogP contribution in [0.4, 0.5) is 0 Å². The van der Waals surface area contributed by atoms with Gasteiger partial charge in [-0.15, -0.1) is 0 Å². The molecule has 106 valence electrons. The molecule has 3 atom stereocenters. The van der Waals surface area contributed by atoms with Gasteiger partial charge in [-0.1, -0.05) is 12.2 Å². The molecule has 0 aromatic heterocycles. The van der Waals surface area contributed by atoms with Gasteiger partial charge in [-0.05, 0) is 24.7 Å². The Bertz CT molecular complexity index is 337. The SMILES string of the molecule is C1=C[C@@H]2C[C@H]1C[C@@H]2C[NH+]1CCC([NH+]2CCCC2)CC1. The highest BCUT2D eigenvalue weighted by Gasteiger charge is 2.39. The molecule has 2 N–H and O–H groups in total. The first-order chi connectivity index (χ1) is 9.38. The van der Waals surface area contributed by atoms with Crippen molar-refractivity contribution in [3.05, 3.63) is 12.2 Å². The third kappa shape index (κ3) is 2.50. The van der Waals surface area contributed by atoms with Gasteiger partial charge in [-0.3, -0.25) is 0 Å². The van der Waals surface area contributed by atoms with Crippen LogP contribution in [0.2, 0.25) is 0 Å². The van der Waals surface area contributed by atoms with Crippen molar-refractivity contribution in [3.63, 3.8) is 0 Å². The summed E-state index contributed by atoms with van der Waals surface area (Å²) in [7, 11) is 0. The van der Waals surface area contributed by atoms with Gasteiger partial charge in [0.2, 0.25) is 0 Å². The van der Waals surface area contributed by atoms with Crippen molar-refractivity contribution in [2.45, 2.75) is 44.6 Å². The van der Waals surface area contributed by atoms with Crippen LogP contribution in [-0.2, 0) is 0 Å². The van der Waals surface area contributed by atoms with Gasteiger partial charge in [0.05, 0.1) is 38.8 Å². The van der Waals surface area contributed by atoms with Crippen molar-refractivity contribution >= 4 is 0 Å². The van der Waals surface area contributed by atoms with E-state index in [-0.39, 0.29) is 0 Å². The number of fused-ring (bicyclic) bond motifs is 2. The van der Waals surface area contributed by atoms with Crippen LogP contribution in [0.5, 0.6) is 0 Å². The summed E-state index contributed by atoms with van der Waals surface area (Å²) in [6.07, 6.45) is 14.0. The molecule has 0 aromatic carbocycles. The van der Waals surface area contributed by atoms with Gasteiger partial charge < -0.3 is 9.80 Å². The number of likely N-dealkylation sites (tertiary alicyclic amines) is 2. The Kier molecular flexibility index (Phi) is 3.40. The van der Waals surface area contributed by atoms with E-state index >= 15 is 0 Å². The van der Waals surface area contributed by atoms with Crippen LogP contribution >= 0.6 is 0 Å². The fourth-order valence-corrected chi connectivity index (χ4v) is 5.38. The summed E-state index contributed by atoms with van der Waals surface area (Å²) >= 11 is 0. The summed E-state index contributed by atoms with van der Waals surface area (Å²) in [6, 6.07) is 1.02. The minimum Gasteiger partial charge on any atom is -0.334 e. The largest absolute Gasteiger partial charge is 0.334 e. The van der Waals surface area contributed by atoms with E-state index in [2.05, 4.69) is 12.2 Å². The zero-order chi connectivity index (χ0) is 12.7. The standard InChI is InChI=1S/C17H28N2/c1-2-8-19(7-1)17-5-9-18(10-6-17)13-16-12-14-3-4-15(16)11-14/h3-4,14-17H,1-2,5-13H2/p+2/t14-,15+,16+/m0/s1. The molecule has 0 spiro atoms. The number of nitrogens with one attached hydrogen (secondary N) is 2. The second-order valence-corrected chi connectivity index (χ2v) is 7.63. The normalized spacial score (nSPS) is 46.2. The zero-order valence-corrected chi connectivity index (χ0v) is 12.2. The number of hydrogen-bond donors (Lipinski definition) is 2. The summed E-state index contributed by atoms with van der Waals surface area (Å²) in [5, 5.41) is 0. The summed E-state index contributed by atoms with van der Waals surface area (Å²) in [5.41, 5.74) is 0. The van der Waals surface area contributed by atoms with Crippen LogP contribution in [-0.4, -0.2) is 38.8 Å². The third-order valence-electron chi connectivity index (χ3n) is 6.48. The smallest absolute Gasteiger partial charge is 0.0983 e. The number of hydrogen-bond acceptors (Lipinski definition) is 0. The van der Waals surface area contributed by atoms with Gasteiger partial charge in [-0.2, -0.15) is 0 Å². The molecule has 0 radical (unpaired) electrons. The molecule has 2 heteroatoms. The molecule has 2 bridgehead atoms. The second-order valence-electron chi connectivity index (χ2n) is 7.63. The van der Waals surface area contributed by atoms with Crippen molar-refractivity contribution in [1.82, 2.24) is 0 Å². The summed E-state index contributed by atoms with van der Waals surface area (Å²) in [4.78, 5) is 3.88. The number of allylic oxidation sites excluding steroid dienone is 2. The van der Waals surface area contributed by atoms with Crippen molar-refractivity contribution in [1.29, 1.82) is 0 Å². The van der Waals surface area contributed by atoms with E-state index in [1.807, 2.05) is 9.80 Å². The average Bonchev–Trinajstić information content (AvgIpc) is 3.17. The molecule has 1 saturated carbocycles. The van der Waals surface area contributed by atoms with Gasteiger partial charge in [0, 0.05) is 31.6 Å². The molecular weight excluding hydrogens is 232 g/mol. The molecule has 2 heterocycles. The van der Waals surface area contributed by atoms with E-state index in [0.717, 1.165) is 23.8 Å². The van der Waals surface area contributed by atoms with E-state index in [1.165, 1.54) is 71.2 Å². The minimum atomic E-state index is 0.958. The quantitative estimate of drug-likeness (QED) is 0.659. The lowest BCUT2D eigenvalue weighted by atomic mass is 9.92. The summed E-state index contributed by atoms with van der Waals surface area (Å²) < 4.78 is 0. The van der Waals surface area contributed by atoms with E-state index < -0.39 is 0 Å². The first kappa shape index (κ1) is 12.4. The molecule has 4 rings (SSSR count). The van der Waals surface area contributed by atoms with E-state index in [9.17, 15) is 0 Å². The van der Waals surface area contributed by atoms with Gasteiger partial charge in [0.1, 0.15) is 0 Å². The predicted molar refractivity (Wildman–Crippen MR) is 77.4 cm³/mol. The zero-order valence-electron chi connectivity index (χ0n) is 12.2. The van der Waals surface area contributed by atoms with Crippen LogP contribution in [0.25, 0.3) is 0 Å². The van der Waals surface area contributed by atoms with Crippen molar-refractivity contribution in [3.8, 4) is 0 Å². The van der Waals surface area contributed by atoms with Crippen molar-refractivity contribution in [2.75, 3.05) is 32.7 Å². The molecule has 0 amide bonds. The highest BCUT2D eigenvalue weighted by atomic mass is 15.2. The molecule has 2 saturated heterocycles. The number of rotatable bonds is 3. The molecule has 19 heavy (non-hydrogen) atoms. The second kappa shape index (κ2) is 5.21. The Hall–Kier alpha value is -0.340. The summed E-state index contributed by atoms with van der Waals surface area (Å²) in [5.74, 6) is 2.95. The van der Waals surface area contributed by atoms with Gasteiger partial charge in [-0.25, -0.2) is 0 Å². The molecule has 2 aliphatic heterocycles. The van der Waals surface area contributed by atoms with Crippen LogP contribution in [0.3, 0.4) is 0 Å². The predicted octanol–water partition coefficient (Wildman–Crippen LogP) is -0.0754. The topological polar surface area (TPSA) is 8.88 Å². The molecule has 0 unspecified atom stereocenters. The van der Waals surface area contributed by atoms with Crippen LogP contribution < -0.4 is 9.80 Å². The number of quaternary nitrogens is 2. The molecule has 4 aliphatic rings. The van der Waals surface area contributed by atoms with Crippen LogP contribution in [0, 0.1) is 17.8 Å². The number of piperidine rings is 1. The average molecular weight is 262 g/mol. The lowest BCUT2D eigenvalue weighted by Crippen LogP contribution is -3.20. The maximum Gasteiger partial charge on any atom is 0.0983 e. The lowest BCUT2D eigenvalue weighted by Gasteiger charge is -2.34. The summed E-state index contributed by atoms with van der Waals surface area (Å²) in [6.45, 7) is 7.35. The fourth-order valence-electron chi connectivity index (χ4n) is 5.38. The molecule has 3 fully saturated rings. The molecule has 0 aromatic rings.